The average molecular weight is 474 g/mol. The summed E-state index contributed by atoms with van der Waals surface area (Å²) in [6, 6.07) is 12.0. The van der Waals surface area contributed by atoms with Crippen LogP contribution in [0.2, 0.25) is 0 Å². The molecular weight excluding hydrogens is 451 g/mol. The zero-order valence-corrected chi connectivity index (χ0v) is 19.2. The van der Waals surface area contributed by atoms with Crippen molar-refractivity contribution in [2.45, 2.75) is 51.7 Å². The summed E-state index contributed by atoms with van der Waals surface area (Å²) in [5.74, 6) is -0.346. The number of hydrogen-bond donors (Lipinski definition) is 0. The van der Waals surface area contributed by atoms with E-state index >= 15 is 0 Å². The lowest BCUT2D eigenvalue weighted by molar-refractivity contribution is -0.137. The molecule has 2 aromatic rings. The SMILES string of the molecule is CC(=O)CCCc1ccc(N2C(=S)N(c3ccc(C#N)c(C(F)(F)F)c3)C(=O)C2(C)C)cc1. The Morgan fingerprint density at radius 2 is 1.73 bits per heavy atom. The van der Waals surface area contributed by atoms with Gasteiger partial charge in [-0.3, -0.25) is 9.69 Å². The van der Waals surface area contributed by atoms with Gasteiger partial charge in [-0.05, 0) is 81.7 Å². The predicted octanol–water partition coefficient (Wildman–Crippen LogP) is 5.41. The van der Waals surface area contributed by atoms with Gasteiger partial charge in [0.1, 0.15) is 11.3 Å². The molecule has 5 nitrogen and oxygen atoms in total. The van der Waals surface area contributed by atoms with Crippen LogP contribution in [-0.4, -0.2) is 22.3 Å². The zero-order valence-electron chi connectivity index (χ0n) is 18.4. The molecule has 0 radical (unpaired) electrons. The second kappa shape index (κ2) is 8.94. The number of nitriles is 1. The minimum Gasteiger partial charge on any atom is -0.304 e. The van der Waals surface area contributed by atoms with Crippen LogP contribution in [0.1, 0.15) is 50.3 Å². The smallest absolute Gasteiger partial charge is 0.304 e. The zero-order chi connectivity index (χ0) is 24.6. The van der Waals surface area contributed by atoms with E-state index in [1.54, 1.807) is 37.8 Å². The molecule has 0 bridgehead atoms. The van der Waals surface area contributed by atoms with Crippen molar-refractivity contribution >= 4 is 40.4 Å². The topological polar surface area (TPSA) is 64.4 Å². The van der Waals surface area contributed by atoms with Gasteiger partial charge in [-0.2, -0.15) is 18.4 Å². The number of nitrogens with zero attached hydrogens (tertiary/aromatic N) is 3. The van der Waals surface area contributed by atoms with E-state index in [0.717, 1.165) is 35.4 Å². The molecule has 3 rings (SSSR count). The number of ketones is 1. The number of aryl methyl sites for hydroxylation is 1. The minimum atomic E-state index is -4.75. The number of rotatable bonds is 6. The summed E-state index contributed by atoms with van der Waals surface area (Å²) in [5.41, 5.74) is -1.19. The van der Waals surface area contributed by atoms with Crippen molar-refractivity contribution in [3.8, 4) is 6.07 Å². The third-order valence-corrected chi connectivity index (χ3v) is 5.91. The maximum absolute atomic E-state index is 13.4. The second-order valence-electron chi connectivity index (χ2n) is 8.38. The third kappa shape index (κ3) is 4.76. The monoisotopic (exact) mass is 473 g/mol. The number of halogens is 3. The lowest BCUT2D eigenvalue weighted by Crippen LogP contribution is -2.44. The summed E-state index contributed by atoms with van der Waals surface area (Å²) < 4.78 is 40.3. The first-order chi connectivity index (χ1) is 15.4. The van der Waals surface area contributed by atoms with E-state index in [-0.39, 0.29) is 16.6 Å². The fraction of sp³-hybridized carbons (Fsp3) is 0.333. The third-order valence-electron chi connectivity index (χ3n) is 5.54. The maximum Gasteiger partial charge on any atom is 0.417 e. The van der Waals surface area contributed by atoms with Gasteiger partial charge in [-0.25, -0.2) is 0 Å². The molecule has 1 aliphatic rings. The number of carbonyl (C=O) groups is 2. The molecule has 2 aromatic carbocycles. The number of thiocarbonyl (C=S) groups is 1. The van der Waals surface area contributed by atoms with E-state index in [9.17, 15) is 22.8 Å². The molecule has 0 atom stereocenters. The molecule has 0 spiro atoms. The fourth-order valence-electron chi connectivity index (χ4n) is 3.81. The van der Waals surface area contributed by atoms with Gasteiger partial charge in [-0.1, -0.05) is 12.1 Å². The lowest BCUT2D eigenvalue weighted by Gasteiger charge is -2.29. The number of alkyl halides is 3. The van der Waals surface area contributed by atoms with Crippen LogP contribution in [-0.2, 0) is 22.2 Å². The van der Waals surface area contributed by atoms with E-state index in [1.807, 2.05) is 12.1 Å². The molecule has 9 heteroatoms. The number of amides is 1. The number of anilines is 2. The van der Waals surface area contributed by atoms with Crippen molar-refractivity contribution in [3.63, 3.8) is 0 Å². The summed E-state index contributed by atoms with van der Waals surface area (Å²) >= 11 is 5.53. The van der Waals surface area contributed by atoms with E-state index in [2.05, 4.69) is 0 Å². The Morgan fingerprint density at radius 1 is 1.12 bits per heavy atom. The van der Waals surface area contributed by atoms with Gasteiger partial charge in [0.25, 0.3) is 5.91 Å². The van der Waals surface area contributed by atoms with Crippen LogP contribution in [0.15, 0.2) is 42.5 Å². The highest BCUT2D eigenvalue weighted by Crippen LogP contribution is 2.39. The molecule has 0 aromatic heterocycles. The number of Topliss-reactive ketones (excluding diaryl/α,β-unsaturated/α-hetero) is 1. The van der Waals surface area contributed by atoms with Crippen molar-refractivity contribution in [2.24, 2.45) is 0 Å². The van der Waals surface area contributed by atoms with Gasteiger partial charge in [0.2, 0.25) is 0 Å². The predicted molar refractivity (Wildman–Crippen MR) is 123 cm³/mol. The highest BCUT2D eigenvalue weighted by molar-refractivity contribution is 7.81. The molecule has 0 unspecified atom stereocenters. The molecule has 0 aliphatic carbocycles. The normalized spacial score (nSPS) is 15.7. The van der Waals surface area contributed by atoms with E-state index in [0.29, 0.717) is 12.1 Å². The largest absolute Gasteiger partial charge is 0.417 e. The molecule has 0 saturated carbocycles. The van der Waals surface area contributed by atoms with E-state index in [1.165, 1.54) is 12.1 Å². The Kier molecular flexibility index (Phi) is 6.61. The van der Waals surface area contributed by atoms with Crippen LogP contribution in [0, 0.1) is 11.3 Å². The van der Waals surface area contributed by atoms with E-state index in [4.69, 9.17) is 17.5 Å². The van der Waals surface area contributed by atoms with Crippen LogP contribution >= 0.6 is 12.2 Å². The van der Waals surface area contributed by atoms with Crippen LogP contribution in [0.5, 0.6) is 0 Å². The molecule has 172 valence electrons. The summed E-state index contributed by atoms with van der Waals surface area (Å²) in [5, 5.41) is 9.09. The average Bonchev–Trinajstić information content (AvgIpc) is 2.91. The quantitative estimate of drug-likeness (QED) is 0.526. The molecular formula is C24H22F3N3O2S. The molecule has 1 amide bonds. The summed E-state index contributed by atoms with van der Waals surface area (Å²) in [6.45, 7) is 4.85. The molecule has 1 saturated heterocycles. The van der Waals surface area contributed by atoms with Crippen molar-refractivity contribution in [2.75, 3.05) is 9.80 Å². The lowest BCUT2D eigenvalue weighted by atomic mass is 10.0. The van der Waals surface area contributed by atoms with E-state index < -0.39 is 28.7 Å². The Bertz CT molecular complexity index is 1150. The molecule has 1 heterocycles. The summed E-state index contributed by atoms with van der Waals surface area (Å²) in [6.07, 6.45) is -2.79. The number of hydrogen-bond acceptors (Lipinski definition) is 4. The minimum absolute atomic E-state index is 0.0483. The van der Waals surface area contributed by atoms with Crippen LogP contribution in [0.25, 0.3) is 0 Å². The Labute approximate surface area is 195 Å². The standard InChI is InChI=1S/C24H22F3N3O2S/c1-15(31)5-4-6-16-7-10-18(11-8-16)30-22(33)29(21(32)23(30,2)3)19-12-9-17(14-28)20(13-19)24(25,26)27/h7-13H,4-6H2,1-3H3. The molecule has 0 N–H and O–H groups in total. The molecule has 1 fully saturated rings. The first kappa shape index (κ1) is 24.4. The van der Waals surface area contributed by atoms with Gasteiger partial charge < -0.3 is 9.69 Å². The Hall–Kier alpha value is -3.25. The number of benzene rings is 2. The molecule has 1 aliphatic heterocycles. The highest BCUT2D eigenvalue weighted by atomic mass is 32.1. The van der Waals surface area contributed by atoms with Crippen molar-refractivity contribution in [1.82, 2.24) is 0 Å². The van der Waals surface area contributed by atoms with Crippen molar-refractivity contribution < 1.29 is 22.8 Å². The number of carbonyl (C=O) groups excluding carboxylic acids is 2. The van der Waals surface area contributed by atoms with Gasteiger partial charge in [0, 0.05) is 12.1 Å². The fourth-order valence-corrected chi connectivity index (χ4v) is 4.33. The van der Waals surface area contributed by atoms with Gasteiger partial charge in [0.15, 0.2) is 5.11 Å². The molecule has 33 heavy (non-hydrogen) atoms. The van der Waals surface area contributed by atoms with Crippen molar-refractivity contribution in [1.29, 1.82) is 5.26 Å². The highest BCUT2D eigenvalue weighted by Gasteiger charge is 2.50. The Balaban J connectivity index is 1.94. The van der Waals surface area contributed by atoms with Gasteiger partial charge in [-0.15, -0.1) is 0 Å². The summed E-state index contributed by atoms with van der Waals surface area (Å²) in [7, 11) is 0. The van der Waals surface area contributed by atoms with Crippen molar-refractivity contribution in [3.05, 3.63) is 59.2 Å². The Morgan fingerprint density at radius 3 is 2.27 bits per heavy atom. The maximum atomic E-state index is 13.4. The van der Waals surface area contributed by atoms with Gasteiger partial charge >= 0.3 is 6.18 Å². The van der Waals surface area contributed by atoms with Gasteiger partial charge in [0.05, 0.1) is 22.9 Å². The summed E-state index contributed by atoms with van der Waals surface area (Å²) in [4.78, 5) is 27.0. The second-order valence-corrected chi connectivity index (χ2v) is 8.74. The van der Waals surface area contributed by atoms with Crippen LogP contribution < -0.4 is 9.80 Å². The first-order valence-corrected chi connectivity index (χ1v) is 10.7. The van der Waals surface area contributed by atoms with Crippen LogP contribution in [0.3, 0.4) is 0 Å². The first-order valence-electron chi connectivity index (χ1n) is 10.3. The van der Waals surface area contributed by atoms with Crippen LogP contribution in [0.4, 0.5) is 24.5 Å².